The normalized spacial score (nSPS) is 10.3. The number of hydrogen-bond acceptors (Lipinski definition) is 2. The Hall–Kier alpha value is -2.00. The first-order valence-electron chi connectivity index (χ1n) is 5.85. The van der Waals surface area contributed by atoms with E-state index >= 15 is 0 Å². The van der Waals surface area contributed by atoms with Crippen molar-refractivity contribution in [3.8, 4) is 5.75 Å². The number of aryl methyl sites for hydroxylation is 2. The molecule has 2 N–H and O–H groups in total. The van der Waals surface area contributed by atoms with E-state index in [-0.39, 0.29) is 11.7 Å². The summed E-state index contributed by atoms with van der Waals surface area (Å²) in [6.07, 6.45) is 0. The number of hydrogen-bond donors (Lipinski definition) is 2. The summed E-state index contributed by atoms with van der Waals surface area (Å²) in [5.74, 6) is -0.0911. The summed E-state index contributed by atoms with van der Waals surface area (Å²) < 4.78 is 0. The molecule has 0 aromatic heterocycles. The van der Waals surface area contributed by atoms with Crippen molar-refractivity contribution in [1.29, 1.82) is 0 Å². The van der Waals surface area contributed by atoms with Crippen molar-refractivity contribution in [3.63, 3.8) is 0 Å². The molecule has 0 aliphatic heterocycles. The number of nitrogens with one attached hydrogen (secondary N) is 1. The zero-order chi connectivity index (χ0) is 14.0. The van der Waals surface area contributed by atoms with E-state index in [4.69, 9.17) is 11.6 Å². The number of benzene rings is 2. The van der Waals surface area contributed by atoms with Gasteiger partial charge in [0.05, 0.1) is 10.6 Å². The Bertz CT molecular complexity index is 638. The van der Waals surface area contributed by atoms with Crippen LogP contribution in [-0.4, -0.2) is 11.0 Å². The van der Waals surface area contributed by atoms with Crippen molar-refractivity contribution >= 4 is 23.2 Å². The number of anilines is 1. The van der Waals surface area contributed by atoms with E-state index in [9.17, 15) is 9.90 Å². The van der Waals surface area contributed by atoms with E-state index in [1.54, 1.807) is 24.3 Å². The topological polar surface area (TPSA) is 49.3 Å². The molecule has 0 saturated heterocycles. The summed E-state index contributed by atoms with van der Waals surface area (Å²) in [5, 5.41) is 12.6. The molecule has 98 valence electrons. The minimum atomic E-state index is -0.262. The van der Waals surface area contributed by atoms with Gasteiger partial charge in [0.25, 0.3) is 5.91 Å². The molecule has 2 rings (SSSR count). The number of aromatic hydroxyl groups is 1. The predicted molar refractivity (Wildman–Crippen MR) is 77.0 cm³/mol. The molecular formula is C15H14ClNO2. The highest BCUT2D eigenvalue weighted by Gasteiger charge is 2.12. The van der Waals surface area contributed by atoms with E-state index in [1.807, 2.05) is 19.9 Å². The van der Waals surface area contributed by atoms with Crippen LogP contribution >= 0.6 is 11.6 Å². The van der Waals surface area contributed by atoms with Gasteiger partial charge in [-0.3, -0.25) is 4.79 Å². The van der Waals surface area contributed by atoms with Crippen LogP contribution in [0.25, 0.3) is 0 Å². The van der Waals surface area contributed by atoms with E-state index in [1.165, 1.54) is 6.07 Å². The van der Waals surface area contributed by atoms with Crippen LogP contribution in [0.2, 0.25) is 5.02 Å². The summed E-state index contributed by atoms with van der Waals surface area (Å²) in [6, 6.07) is 10.1. The lowest BCUT2D eigenvalue weighted by atomic mass is 10.1. The number of carbonyl (C=O) groups excluding carboxylic acids is 1. The van der Waals surface area contributed by atoms with Gasteiger partial charge in [-0.25, -0.2) is 0 Å². The van der Waals surface area contributed by atoms with Crippen molar-refractivity contribution in [1.82, 2.24) is 0 Å². The standard InChI is InChI=1S/C15H14ClNO2/c1-9-4-3-5-12(14(9)16)15(19)17-13-7-6-11(18)8-10(13)2/h3-8,18H,1-2H3,(H,17,19). The first kappa shape index (κ1) is 13.4. The van der Waals surface area contributed by atoms with E-state index in [0.717, 1.165) is 11.1 Å². The maximum Gasteiger partial charge on any atom is 0.257 e. The molecule has 0 aliphatic rings. The smallest absolute Gasteiger partial charge is 0.257 e. The highest BCUT2D eigenvalue weighted by atomic mass is 35.5. The van der Waals surface area contributed by atoms with Gasteiger partial charge < -0.3 is 10.4 Å². The lowest BCUT2D eigenvalue weighted by molar-refractivity contribution is 0.102. The Morgan fingerprint density at radius 2 is 1.89 bits per heavy atom. The van der Waals surface area contributed by atoms with Crippen molar-refractivity contribution in [3.05, 3.63) is 58.1 Å². The van der Waals surface area contributed by atoms with E-state index < -0.39 is 0 Å². The number of phenols is 1. The fourth-order valence-corrected chi connectivity index (χ4v) is 2.01. The maximum absolute atomic E-state index is 12.2. The Kier molecular flexibility index (Phi) is 3.76. The number of rotatable bonds is 2. The predicted octanol–water partition coefficient (Wildman–Crippen LogP) is 3.91. The second kappa shape index (κ2) is 5.33. The van der Waals surface area contributed by atoms with Crippen molar-refractivity contribution in [2.24, 2.45) is 0 Å². The van der Waals surface area contributed by atoms with Gasteiger partial charge >= 0.3 is 0 Å². The zero-order valence-electron chi connectivity index (χ0n) is 10.7. The molecule has 0 fully saturated rings. The third kappa shape index (κ3) is 2.88. The Balaban J connectivity index is 2.28. The molecule has 0 atom stereocenters. The number of phenolic OH excluding ortho intramolecular Hbond substituents is 1. The highest BCUT2D eigenvalue weighted by molar-refractivity contribution is 6.35. The first-order valence-corrected chi connectivity index (χ1v) is 6.23. The second-order valence-electron chi connectivity index (χ2n) is 4.39. The molecule has 0 saturated carbocycles. The quantitative estimate of drug-likeness (QED) is 0.816. The van der Waals surface area contributed by atoms with Crippen LogP contribution in [0.5, 0.6) is 5.75 Å². The second-order valence-corrected chi connectivity index (χ2v) is 4.77. The van der Waals surface area contributed by atoms with Gasteiger partial charge in [-0.1, -0.05) is 23.7 Å². The van der Waals surface area contributed by atoms with Crippen LogP contribution in [0.15, 0.2) is 36.4 Å². The molecule has 2 aromatic rings. The minimum absolute atomic E-state index is 0.170. The maximum atomic E-state index is 12.2. The molecule has 0 heterocycles. The molecule has 3 nitrogen and oxygen atoms in total. The van der Waals surface area contributed by atoms with E-state index in [0.29, 0.717) is 16.3 Å². The van der Waals surface area contributed by atoms with Crippen molar-refractivity contribution in [2.75, 3.05) is 5.32 Å². The Labute approximate surface area is 116 Å². The number of carbonyl (C=O) groups is 1. The summed E-state index contributed by atoms with van der Waals surface area (Å²) in [4.78, 5) is 12.2. The third-order valence-corrected chi connectivity index (χ3v) is 3.40. The molecule has 0 aliphatic carbocycles. The van der Waals surface area contributed by atoms with Crippen LogP contribution in [0.1, 0.15) is 21.5 Å². The molecule has 0 radical (unpaired) electrons. The molecule has 0 spiro atoms. The molecule has 4 heteroatoms. The molecule has 1 amide bonds. The van der Waals surface area contributed by atoms with Crippen LogP contribution in [-0.2, 0) is 0 Å². The third-order valence-electron chi connectivity index (χ3n) is 2.89. The number of halogens is 1. The van der Waals surface area contributed by atoms with Gasteiger partial charge in [-0.05, 0) is 49.2 Å². The van der Waals surface area contributed by atoms with Crippen LogP contribution in [0.3, 0.4) is 0 Å². The van der Waals surface area contributed by atoms with Gasteiger partial charge in [0, 0.05) is 5.69 Å². The fourth-order valence-electron chi connectivity index (χ4n) is 1.80. The van der Waals surface area contributed by atoms with Crippen LogP contribution < -0.4 is 5.32 Å². The Morgan fingerprint density at radius 3 is 2.58 bits per heavy atom. The summed E-state index contributed by atoms with van der Waals surface area (Å²) in [5.41, 5.74) is 2.74. The fraction of sp³-hybridized carbons (Fsp3) is 0.133. The average molecular weight is 276 g/mol. The molecule has 2 aromatic carbocycles. The van der Waals surface area contributed by atoms with Crippen molar-refractivity contribution < 1.29 is 9.90 Å². The molecule has 19 heavy (non-hydrogen) atoms. The van der Waals surface area contributed by atoms with Gasteiger partial charge in [0.15, 0.2) is 0 Å². The summed E-state index contributed by atoms with van der Waals surface area (Å²) >= 11 is 6.12. The Morgan fingerprint density at radius 1 is 1.16 bits per heavy atom. The monoisotopic (exact) mass is 275 g/mol. The first-order chi connectivity index (χ1) is 8.99. The number of amides is 1. The molecule has 0 unspecified atom stereocenters. The SMILES string of the molecule is Cc1cc(O)ccc1NC(=O)c1cccc(C)c1Cl. The minimum Gasteiger partial charge on any atom is -0.508 e. The van der Waals surface area contributed by atoms with E-state index in [2.05, 4.69) is 5.32 Å². The molecule has 0 bridgehead atoms. The zero-order valence-corrected chi connectivity index (χ0v) is 11.5. The molecular weight excluding hydrogens is 262 g/mol. The van der Waals surface area contributed by atoms with Gasteiger partial charge in [0.1, 0.15) is 5.75 Å². The van der Waals surface area contributed by atoms with Gasteiger partial charge in [0.2, 0.25) is 0 Å². The summed E-state index contributed by atoms with van der Waals surface area (Å²) in [7, 11) is 0. The largest absolute Gasteiger partial charge is 0.508 e. The lowest BCUT2D eigenvalue weighted by Gasteiger charge is -2.10. The summed E-state index contributed by atoms with van der Waals surface area (Å²) in [6.45, 7) is 3.66. The van der Waals surface area contributed by atoms with Gasteiger partial charge in [-0.15, -0.1) is 0 Å². The average Bonchev–Trinajstić information content (AvgIpc) is 2.36. The van der Waals surface area contributed by atoms with Crippen LogP contribution in [0, 0.1) is 13.8 Å². The van der Waals surface area contributed by atoms with Gasteiger partial charge in [-0.2, -0.15) is 0 Å². The highest BCUT2D eigenvalue weighted by Crippen LogP contribution is 2.24. The van der Waals surface area contributed by atoms with Crippen molar-refractivity contribution in [2.45, 2.75) is 13.8 Å². The lowest BCUT2D eigenvalue weighted by Crippen LogP contribution is -2.13. The van der Waals surface area contributed by atoms with Crippen LogP contribution in [0.4, 0.5) is 5.69 Å².